The van der Waals surface area contributed by atoms with E-state index in [0.717, 1.165) is 23.1 Å². The number of rotatable bonds is 4. The first-order chi connectivity index (χ1) is 15.0. The smallest absolute Gasteiger partial charge is 0.324 e. The zero-order valence-electron chi connectivity index (χ0n) is 17.1. The molecule has 8 heteroatoms. The fourth-order valence-corrected chi connectivity index (χ4v) is 4.74. The predicted octanol–water partition coefficient (Wildman–Crippen LogP) is 2.95. The van der Waals surface area contributed by atoms with Gasteiger partial charge in [-0.2, -0.15) is 0 Å². The molecule has 1 saturated heterocycles. The second-order valence-corrected chi connectivity index (χ2v) is 8.11. The topological polar surface area (TPSA) is 105 Å². The van der Waals surface area contributed by atoms with Crippen LogP contribution in [0.1, 0.15) is 29.6 Å². The van der Waals surface area contributed by atoms with Crippen molar-refractivity contribution in [2.75, 3.05) is 13.6 Å². The number of urea groups is 1. The van der Waals surface area contributed by atoms with Crippen molar-refractivity contribution in [2.45, 2.75) is 24.8 Å². The average molecular weight is 418 g/mol. The quantitative estimate of drug-likeness (QED) is 0.634. The van der Waals surface area contributed by atoms with Crippen molar-refractivity contribution in [1.29, 1.82) is 0 Å². The van der Waals surface area contributed by atoms with Crippen LogP contribution in [0.4, 0.5) is 4.79 Å². The lowest BCUT2D eigenvalue weighted by atomic mass is 9.86. The van der Waals surface area contributed by atoms with Crippen molar-refractivity contribution < 1.29 is 18.8 Å². The Kier molecular flexibility index (Phi) is 4.50. The van der Waals surface area contributed by atoms with Gasteiger partial charge >= 0.3 is 6.03 Å². The number of carbonyl (C=O) groups excluding carboxylic acids is 3. The van der Waals surface area contributed by atoms with E-state index in [1.54, 1.807) is 24.5 Å². The van der Waals surface area contributed by atoms with Crippen LogP contribution in [-0.2, 0) is 4.79 Å². The number of pyridine rings is 1. The summed E-state index contributed by atoms with van der Waals surface area (Å²) in [6.45, 7) is 0.297. The SMILES string of the molecule is CN1C(=O)N[C@]2(CCC[C@@H]2CNC(=O)c2cc(-c3ccco3)nc3ccccc23)C1=O. The van der Waals surface area contributed by atoms with E-state index in [0.29, 0.717) is 35.5 Å². The molecule has 3 heterocycles. The largest absolute Gasteiger partial charge is 0.463 e. The third-order valence-corrected chi connectivity index (χ3v) is 6.38. The van der Waals surface area contributed by atoms with Gasteiger partial charge in [-0.05, 0) is 37.1 Å². The zero-order valence-corrected chi connectivity index (χ0v) is 17.1. The van der Waals surface area contributed by atoms with Gasteiger partial charge in [-0.1, -0.05) is 24.6 Å². The summed E-state index contributed by atoms with van der Waals surface area (Å²) in [5.41, 5.74) is 0.839. The van der Waals surface area contributed by atoms with Crippen LogP contribution in [-0.4, -0.2) is 46.9 Å². The van der Waals surface area contributed by atoms with E-state index >= 15 is 0 Å². The maximum absolute atomic E-state index is 13.2. The fourth-order valence-electron chi connectivity index (χ4n) is 4.74. The summed E-state index contributed by atoms with van der Waals surface area (Å²) in [5, 5.41) is 6.59. The van der Waals surface area contributed by atoms with Gasteiger partial charge in [-0.25, -0.2) is 9.78 Å². The van der Waals surface area contributed by atoms with Crippen LogP contribution in [0.2, 0.25) is 0 Å². The molecule has 8 nitrogen and oxygen atoms in total. The number of para-hydroxylation sites is 1. The number of hydrogen-bond donors (Lipinski definition) is 2. The number of hydrogen-bond acceptors (Lipinski definition) is 5. The van der Waals surface area contributed by atoms with Gasteiger partial charge in [0.25, 0.3) is 11.8 Å². The normalized spacial score (nSPS) is 23.0. The molecular formula is C23H22N4O4. The fraction of sp³-hybridized carbons (Fsp3) is 0.304. The Morgan fingerprint density at radius 3 is 2.87 bits per heavy atom. The lowest BCUT2D eigenvalue weighted by Crippen LogP contribution is -2.53. The minimum Gasteiger partial charge on any atom is -0.463 e. The molecule has 2 fully saturated rings. The second-order valence-electron chi connectivity index (χ2n) is 8.11. The van der Waals surface area contributed by atoms with Crippen molar-refractivity contribution in [3.63, 3.8) is 0 Å². The van der Waals surface area contributed by atoms with Gasteiger partial charge in [-0.3, -0.25) is 14.5 Å². The van der Waals surface area contributed by atoms with Crippen LogP contribution in [0.25, 0.3) is 22.4 Å². The summed E-state index contributed by atoms with van der Waals surface area (Å²) in [6.07, 6.45) is 3.73. The van der Waals surface area contributed by atoms with Crippen molar-refractivity contribution in [1.82, 2.24) is 20.5 Å². The molecule has 2 aromatic heterocycles. The summed E-state index contributed by atoms with van der Waals surface area (Å²) in [7, 11) is 1.49. The van der Waals surface area contributed by atoms with Gasteiger partial charge in [-0.15, -0.1) is 0 Å². The number of fused-ring (bicyclic) bond motifs is 1. The molecule has 1 aliphatic carbocycles. The number of nitrogens with one attached hydrogen (secondary N) is 2. The van der Waals surface area contributed by atoms with E-state index in [-0.39, 0.29) is 23.8 Å². The Morgan fingerprint density at radius 1 is 1.29 bits per heavy atom. The van der Waals surface area contributed by atoms with Gasteiger partial charge in [0, 0.05) is 24.9 Å². The Morgan fingerprint density at radius 2 is 2.13 bits per heavy atom. The molecule has 5 rings (SSSR count). The van der Waals surface area contributed by atoms with Crippen molar-refractivity contribution in [2.24, 2.45) is 5.92 Å². The molecular weight excluding hydrogens is 396 g/mol. The number of benzene rings is 1. The number of aromatic nitrogens is 1. The van der Waals surface area contributed by atoms with Crippen LogP contribution in [0.5, 0.6) is 0 Å². The van der Waals surface area contributed by atoms with Gasteiger partial charge in [0.2, 0.25) is 0 Å². The lowest BCUT2D eigenvalue weighted by molar-refractivity contribution is -0.131. The average Bonchev–Trinajstić information content (AvgIpc) is 3.50. The summed E-state index contributed by atoms with van der Waals surface area (Å²) < 4.78 is 5.46. The van der Waals surface area contributed by atoms with Crippen molar-refractivity contribution in [3.8, 4) is 11.5 Å². The van der Waals surface area contributed by atoms with E-state index in [1.807, 2.05) is 24.3 Å². The monoisotopic (exact) mass is 418 g/mol. The highest BCUT2D eigenvalue weighted by Gasteiger charge is 2.56. The highest BCUT2D eigenvalue weighted by molar-refractivity contribution is 6.08. The molecule has 2 atom stereocenters. The number of nitrogens with zero attached hydrogens (tertiary/aromatic N) is 2. The Bertz CT molecular complexity index is 1190. The summed E-state index contributed by atoms with van der Waals surface area (Å²) in [5.74, 6) is -0.0466. The molecule has 158 valence electrons. The van der Waals surface area contributed by atoms with Gasteiger partial charge in [0.05, 0.1) is 17.3 Å². The molecule has 31 heavy (non-hydrogen) atoms. The third-order valence-electron chi connectivity index (χ3n) is 6.38. The number of likely N-dealkylation sites (N-methyl/N-ethyl adjacent to an activating group) is 1. The van der Waals surface area contributed by atoms with E-state index in [1.165, 1.54) is 7.05 Å². The van der Waals surface area contributed by atoms with E-state index in [4.69, 9.17) is 4.42 Å². The molecule has 0 unspecified atom stereocenters. The predicted molar refractivity (Wildman–Crippen MR) is 113 cm³/mol. The molecule has 1 aliphatic heterocycles. The molecule has 1 spiro atoms. The van der Waals surface area contributed by atoms with Gasteiger partial charge in [0.1, 0.15) is 11.2 Å². The Balaban J connectivity index is 1.42. The summed E-state index contributed by atoms with van der Waals surface area (Å²) >= 11 is 0. The molecule has 3 aromatic rings. The zero-order chi connectivity index (χ0) is 21.6. The second kappa shape index (κ2) is 7.23. The van der Waals surface area contributed by atoms with Crippen LogP contribution in [0.3, 0.4) is 0 Å². The summed E-state index contributed by atoms with van der Waals surface area (Å²) in [6, 6.07) is 12.4. The molecule has 0 radical (unpaired) electrons. The van der Waals surface area contributed by atoms with Crippen LogP contribution in [0, 0.1) is 5.92 Å². The third kappa shape index (κ3) is 3.06. The maximum Gasteiger partial charge on any atom is 0.324 e. The first-order valence-corrected chi connectivity index (χ1v) is 10.3. The molecule has 2 aliphatic rings. The molecule has 0 bridgehead atoms. The number of amides is 4. The van der Waals surface area contributed by atoms with Crippen LogP contribution >= 0.6 is 0 Å². The molecule has 4 amide bonds. The Labute approximate surface area is 178 Å². The Hall–Kier alpha value is -3.68. The molecule has 1 saturated carbocycles. The van der Waals surface area contributed by atoms with Gasteiger partial charge in [0.15, 0.2) is 5.76 Å². The number of furan rings is 1. The lowest BCUT2D eigenvalue weighted by Gasteiger charge is -2.28. The van der Waals surface area contributed by atoms with E-state index < -0.39 is 5.54 Å². The van der Waals surface area contributed by atoms with Crippen molar-refractivity contribution in [3.05, 3.63) is 54.3 Å². The maximum atomic E-state index is 13.2. The minimum atomic E-state index is -0.918. The first kappa shape index (κ1) is 19.3. The van der Waals surface area contributed by atoms with Crippen molar-refractivity contribution >= 4 is 28.7 Å². The number of carbonyl (C=O) groups is 3. The highest BCUT2D eigenvalue weighted by atomic mass is 16.3. The van der Waals surface area contributed by atoms with Crippen LogP contribution in [0.15, 0.2) is 53.1 Å². The van der Waals surface area contributed by atoms with E-state index in [9.17, 15) is 14.4 Å². The summed E-state index contributed by atoms with van der Waals surface area (Å²) in [4.78, 5) is 43.7. The van der Waals surface area contributed by atoms with E-state index in [2.05, 4.69) is 15.6 Å². The highest BCUT2D eigenvalue weighted by Crippen LogP contribution is 2.39. The minimum absolute atomic E-state index is 0.157. The molecule has 1 aromatic carbocycles. The number of imide groups is 1. The molecule has 2 N–H and O–H groups in total. The standard InChI is InChI=1S/C23H22N4O4/c1-27-21(29)23(26-22(27)30)10-4-6-14(23)13-24-20(28)16-12-18(19-9-5-11-31-19)25-17-8-3-2-7-15(16)17/h2-3,5,7-9,11-12,14H,4,6,10,13H2,1H3,(H,24,28)(H,26,30)/t14-,23+/m1/s1. The first-order valence-electron chi connectivity index (χ1n) is 10.3. The van der Waals surface area contributed by atoms with Crippen LogP contribution < -0.4 is 10.6 Å². The van der Waals surface area contributed by atoms with Gasteiger partial charge < -0.3 is 15.1 Å².